The van der Waals surface area contributed by atoms with Gasteiger partial charge in [0.1, 0.15) is 30.5 Å². The Kier molecular flexibility index (Phi) is 38.0. The highest BCUT2D eigenvalue weighted by Crippen LogP contribution is 2.23. The van der Waals surface area contributed by atoms with Gasteiger partial charge in [0.05, 0.1) is 25.4 Å². The number of hydrogen-bond acceptors (Lipinski definition) is 9. The molecule has 0 aromatic rings. The molecule has 1 aliphatic rings. The van der Waals surface area contributed by atoms with Gasteiger partial charge in [-0.2, -0.15) is 0 Å². The van der Waals surface area contributed by atoms with Gasteiger partial charge in [-0.3, -0.25) is 4.79 Å². The Hall–Kier alpha value is -0.850. The van der Waals surface area contributed by atoms with Gasteiger partial charge in [0.2, 0.25) is 5.91 Å². The lowest BCUT2D eigenvalue weighted by Crippen LogP contribution is -2.60. The number of hydrogen-bond donors (Lipinski definition) is 7. The van der Waals surface area contributed by atoms with Crippen LogP contribution in [-0.4, -0.2) is 98.7 Å². The first-order chi connectivity index (χ1) is 28.8. The minimum absolute atomic E-state index is 0.253. The fourth-order valence-electron chi connectivity index (χ4n) is 8.44. The van der Waals surface area contributed by atoms with E-state index in [4.69, 9.17) is 9.47 Å². The van der Waals surface area contributed by atoms with E-state index in [0.717, 1.165) is 44.9 Å². The van der Waals surface area contributed by atoms with E-state index in [1.165, 1.54) is 173 Å². The fraction of sp³-hybridized carbons (Fsp3) is 0.980. The Balaban J connectivity index is 2.26. The molecule has 2 unspecified atom stereocenters. The number of carbonyl (C=O) groups is 1. The Bertz CT molecular complexity index is 911. The number of carbonyl (C=O) groups excluding carboxylic acids is 1. The zero-order chi connectivity index (χ0) is 43.2. The van der Waals surface area contributed by atoms with Crippen LogP contribution in [0.2, 0.25) is 0 Å². The van der Waals surface area contributed by atoms with E-state index in [1.54, 1.807) is 0 Å². The Morgan fingerprint density at radius 3 is 1.25 bits per heavy atom. The van der Waals surface area contributed by atoms with Crippen molar-refractivity contribution in [3.8, 4) is 0 Å². The van der Waals surface area contributed by atoms with Crippen molar-refractivity contribution in [2.75, 3.05) is 13.2 Å². The normalized spacial score (nSPS) is 21.1. The van der Waals surface area contributed by atoms with E-state index in [-0.39, 0.29) is 18.9 Å². The number of ether oxygens (including phenoxy) is 2. The number of aliphatic hydroxyl groups is 6. The maximum Gasteiger partial charge on any atom is 0.220 e. The van der Waals surface area contributed by atoms with Crippen LogP contribution in [0.5, 0.6) is 0 Å². The quantitative estimate of drug-likeness (QED) is 0.0296. The lowest BCUT2D eigenvalue weighted by atomic mass is 9.98. The van der Waals surface area contributed by atoms with Crippen LogP contribution < -0.4 is 5.32 Å². The molecule has 10 heteroatoms. The molecule has 0 aliphatic carbocycles. The van der Waals surface area contributed by atoms with Crippen LogP contribution in [0.1, 0.15) is 245 Å². The van der Waals surface area contributed by atoms with Crippen LogP contribution in [0.25, 0.3) is 0 Å². The maximum absolute atomic E-state index is 13.0. The van der Waals surface area contributed by atoms with Gasteiger partial charge in [0.25, 0.3) is 0 Å². The second-order valence-corrected chi connectivity index (χ2v) is 18.1. The largest absolute Gasteiger partial charge is 0.394 e. The van der Waals surface area contributed by atoms with Crippen molar-refractivity contribution in [3.63, 3.8) is 0 Å². The van der Waals surface area contributed by atoms with E-state index >= 15 is 0 Å². The molecule has 0 radical (unpaired) electrons. The average Bonchev–Trinajstić information content (AvgIpc) is 3.23. The standard InChI is InChI=1S/C49H97NO9/c1-3-5-7-9-11-13-15-16-17-18-19-20-21-22-23-24-25-26-28-30-32-34-36-38-44(53)50-41(40-58-49-48(57)47(56)46(55)43(39-51)59-49)45(54)42(52)37-35-33-31-29-27-14-12-10-8-6-4-2/h41-43,45-49,51-52,54-57H,3-40H2,1-2H3,(H,50,53)/t41-,42+,43+,45-,46-,47?,48?,49+/m0/s1. The van der Waals surface area contributed by atoms with Crippen LogP contribution in [0.3, 0.4) is 0 Å². The third-order valence-corrected chi connectivity index (χ3v) is 12.6. The first-order valence-electron chi connectivity index (χ1n) is 25.3. The second-order valence-electron chi connectivity index (χ2n) is 18.1. The molecule has 10 nitrogen and oxygen atoms in total. The van der Waals surface area contributed by atoms with Gasteiger partial charge in [0, 0.05) is 6.42 Å². The molecule has 0 spiro atoms. The molecule has 1 saturated heterocycles. The molecule has 1 rings (SSSR count). The summed E-state index contributed by atoms with van der Waals surface area (Å²) in [5, 5.41) is 65.2. The molecule has 59 heavy (non-hydrogen) atoms. The van der Waals surface area contributed by atoms with Crippen LogP contribution in [0.4, 0.5) is 0 Å². The number of unbranched alkanes of at least 4 members (excludes halogenated alkanes) is 32. The lowest BCUT2D eigenvalue weighted by Gasteiger charge is -2.40. The average molecular weight is 844 g/mol. The minimum atomic E-state index is -1.60. The van der Waals surface area contributed by atoms with E-state index < -0.39 is 55.6 Å². The molecule has 1 fully saturated rings. The molecule has 0 aromatic heterocycles. The van der Waals surface area contributed by atoms with Crippen molar-refractivity contribution in [1.82, 2.24) is 5.32 Å². The molecular weight excluding hydrogens is 747 g/mol. The molecule has 1 aliphatic heterocycles. The van der Waals surface area contributed by atoms with Gasteiger partial charge >= 0.3 is 0 Å². The zero-order valence-electron chi connectivity index (χ0n) is 38.4. The highest BCUT2D eigenvalue weighted by Gasteiger charge is 2.44. The molecule has 8 atom stereocenters. The first kappa shape index (κ1) is 56.2. The predicted molar refractivity (Wildman–Crippen MR) is 241 cm³/mol. The van der Waals surface area contributed by atoms with E-state index in [9.17, 15) is 35.4 Å². The van der Waals surface area contributed by atoms with Crippen molar-refractivity contribution in [3.05, 3.63) is 0 Å². The monoisotopic (exact) mass is 844 g/mol. The summed E-state index contributed by atoms with van der Waals surface area (Å²) in [6.07, 6.45) is 34.1. The number of aliphatic hydroxyl groups excluding tert-OH is 6. The summed E-state index contributed by atoms with van der Waals surface area (Å²) in [7, 11) is 0. The Labute approximate surface area is 362 Å². The van der Waals surface area contributed by atoms with Gasteiger partial charge in [-0.05, 0) is 12.8 Å². The number of nitrogens with one attached hydrogen (secondary N) is 1. The van der Waals surface area contributed by atoms with Crippen LogP contribution >= 0.6 is 0 Å². The van der Waals surface area contributed by atoms with Crippen LogP contribution in [0.15, 0.2) is 0 Å². The van der Waals surface area contributed by atoms with Gasteiger partial charge in [0.15, 0.2) is 6.29 Å². The first-order valence-corrected chi connectivity index (χ1v) is 25.3. The smallest absolute Gasteiger partial charge is 0.220 e. The van der Waals surface area contributed by atoms with Gasteiger partial charge < -0.3 is 45.4 Å². The highest BCUT2D eigenvalue weighted by atomic mass is 16.7. The van der Waals surface area contributed by atoms with Crippen molar-refractivity contribution < 1.29 is 44.9 Å². The lowest BCUT2D eigenvalue weighted by molar-refractivity contribution is -0.303. The number of rotatable bonds is 43. The van der Waals surface area contributed by atoms with Crippen molar-refractivity contribution in [1.29, 1.82) is 0 Å². The van der Waals surface area contributed by atoms with E-state index in [1.807, 2.05) is 0 Å². The number of amides is 1. The van der Waals surface area contributed by atoms with Gasteiger partial charge in [-0.15, -0.1) is 0 Å². The van der Waals surface area contributed by atoms with Crippen molar-refractivity contribution in [2.45, 2.75) is 294 Å². The van der Waals surface area contributed by atoms with E-state index in [0.29, 0.717) is 6.42 Å². The topological polar surface area (TPSA) is 169 Å². The minimum Gasteiger partial charge on any atom is -0.394 e. The predicted octanol–water partition coefficient (Wildman–Crippen LogP) is 10.1. The van der Waals surface area contributed by atoms with Crippen molar-refractivity contribution in [2.24, 2.45) is 0 Å². The Morgan fingerprint density at radius 1 is 0.525 bits per heavy atom. The molecule has 0 saturated carbocycles. The highest BCUT2D eigenvalue weighted by molar-refractivity contribution is 5.76. The summed E-state index contributed by atoms with van der Waals surface area (Å²) < 4.78 is 11.2. The van der Waals surface area contributed by atoms with Crippen LogP contribution in [-0.2, 0) is 14.3 Å². The van der Waals surface area contributed by atoms with Crippen LogP contribution in [0, 0.1) is 0 Å². The van der Waals surface area contributed by atoms with Gasteiger partial charge in [-0.1, -0.05) is 226 Å². The molecule has 7 N–H and O–H groups in total. The Morgan fingerprint density at radius 2 is 0.881 bits per heavy atom. The fourth-order valence-corrected chi connectivity index (χ4v) is 8.44. The third kappa shape index (κ3) is 30.0. The second kappa shape index (κ2) is 40.0. The molecular formula is C49H97NO9. The summed E-state index contributed by atoms with van der Waals surface area (Å²) in [5.74, 6) is -0.253. The molecule has 0 aromatic carbocycles. The summed E-state index contributed by atoms with van der Waals surface area (Å²) >= 11 is 0. The van der Waals surface area contributed by atoms with Crippen molar-refractivity contribution >= 4 is 5.91 Å². The SMILES string of the molecule is CCCCCCCCCCCCCCCCCCCCCCCCCC(=O)N[C@@H](CO[C@@H]1O[C@H](CO)[C@H](O)C(O)C1O)[C@H](O)[C@H](O)CCCCCCCCCCCCC. The molecule has 1 heterocycles. The molecule has 0 bridgehead atoms. The summed E-state index contributed by atoms with van der Waals surface area (Å²) in [6, 6.07) is -0.984. The van der Waals surface area contributed by atoms with E-state index in [2.05, 4.69) is 19.2 Å². The zero-order valence-corrected chi connectivity index (χ0v) is 38.4. The molecule has 1 amide bonds. The van der Waals surface area contributed by atoms with Gasteiger partial charge in [-0.25, -0.2) is 0 Å². The summed E-state index contributed by atoms with van der Waals surface area (Å²) in [6.45, 7) is 3.62. The molecule has 352 valence electrons. The maximum atomic E-state index is 13.0. The third-order valence-electron chi connectivity index (χ3n) is 12.6. The summed E-state index contributed by atoms with van der Waals surface area (Å²) in [5.41, 5.74) is 0. The summed E-state index contributed by atoms with van der Waals surface area (Å²) in [4.78, 5) is 13.0.